The minimum absolute atomic E-state index is 0.227. The molecule has 2 aromatic carbocycles. The molecule has 2 N–H and O–H groups in total. The van der Waals surface area contributed by atoms with Crippen LogP contribution < -0.4 is 9.47 Å². The molecule has 0 saturated heterocycles. The number of fused-ring (bicyclic) bond motifs is 2. The van der Waals surface area contributed by atoms with Crippen LogP contribution in [0, 0.1) is 0 Å². The van der Waals surface area contributed by atoms with E-state index in [2.05, 4.69) is 21.6 Å². The number of nitrogens with zero attached hydrogens (tertiary/aromatic N) is 4. The van der Waals surface area contributed by atoms with Gasteiger partial charge in [0.2, 0.25) is 5.52 Å². The maximum absolute atomic E-state index is 11.5. The third kappa shape index (κ3) is 6.89. The number of aromatic nitrogens is 3. The highest BCUT2D eigenvalue weighted by atomic mass is 32.2. The zero-order valence-corrected chi connectivity index (χ0v) is 26.1. The van der Waals surface area contributed by atoms with Crippen LogP contribution in [0.25, 0.3) is 27.7 Å². The number of thioether (sulfide) groups is 1. The van der Waals surface area contributed by atoms with E-state index in [1.54, 1.807) is 23.1 Å². The fraction of sp³-hybridized carbons (Fsp3) is 0.207. The third-order valence-electron chi connectivity index (χ3n) is 7.05. The summed E-state index contributed by atoms with van der Waals surface area (Å²) in [6.45, 7) is 0.734. The Labute approximate surface area is 258 Å². The Kier molecular flexibility index (Phi) is 8.24. The highest BCUT2D eigenvalue weighted by Gasteiger charge is 2.29. The van der Waals surface area contributed by atoms with Gasteiger partial charge < -0.3 is 14.0 Å². The van der Waals surface area contributed by atoms with Gasteiger partial charge in [-0.05, 0) is 61.0 Å². The largest absolute Gasteiger partial charge is 0.335 e. The Hall–Kier alpha value is -3.40. The highest BCUT2D eigenvalue weighted by Crippen LogP contribution is 2.47. The minimum Gasteiger partial charge on any atom is -0.335 e. The Bertz CT molecular complexity index is 2020. The number of anilines is 1. The molecule has 43 heavy (non-hydrogen) atoms. The summed E-state index contributed by atoms with van der Waals surface area (Å²) in [4.78, 5) is 3.08. The summed E-state index contributed by atoms with van der Waals surface area (Å²) in [6.07, 6.45) is 10.3. The summed E-state index contributed by atoms with van der Waals surface area (Å²) >= 11 is 3.14. The molecule has 14 heteroatoms. The van der Waals surface area contributed by atoms with Gasteiger partial charge in [0.15, 0.2) is 6.54 Å². The number of benzene rings is 2. The van der Waals surface area contributed by atoms with E-state index >= 15 is 0 Å². The quantitative estimate of drug-likeness (QED) is 0.146. The molecule has 0 amide bonds. The number of thiazole rings is 1. The maximum Gasteiger partial charge on any atom is 0.265 e. The van der Waals surface area contributed by atoms with Crippen molar-refractivity contribution < 1.29 is 30.5 Å². The minimum atomic E-state index is -4.11. The van der Waals surface area contributed by atoms with Crippen molar-refractivity contribution in [1.82, 2.24) is 9.13 Å². The van der Waals surface area contributed by atoms with Crippen molar-refractivity contribution in [3.8, 4) is 11.4 Å². The van der Waals surface area contributed by atoms with E-state index in [9.17, 15) is 25.9 Å². The van der Waals surface area contributed by atoms with Crippen molar-refractivity contribution in [2.45, 2.75) is 24.3 Å². The smallest absolute Gasteiger partial charge is 0.265 e. The summed E-state index contributed by atoms with van der Waals surface area (Å²) in [7, 11) is -8.23. The predicted octanol–water partition coefficient (Wildman–Crippen LogP) is 5.24. The summed E-state index contributed by atoms with van der Waals surface area (Å²) in [5, 5.41) is 1.77. The van der Waals surface area contributed by atoms with Crippen LogP contribution in [0.5, 0.6) is 0 Å². The second kappa shape index (κ2) is 11.9. The molecular weight excluding hydrogens is 629 g/mol. The van der Waals surface area contributed by atoms with Gasteiger partial charge in [-0.3, -0.25) is 9.11 Å². The molecule has 0 bridgehead atoms. The monoisotopic (exact) mass is 657 g/mol. The lowest BCUT2D eigenvalue weighted by molar-refractivity contribution is -0.668. The topological polar surface area (TPSA) is 126 Å². The molecule has 0 spiro atoms. The normalized spacial score (nSPS) is 14.7. The highest BCUT2D eigenvalue weighted by molar-refractivity contribution is 8.04. The SMILES string of the molecule is O=S(=O)(O)CCCN1C(=Cc2sc3ccc(-n4cccc4)cc3[n+]2CCCS(=O)(=O)O)Sc2ccc(-n3cccc3)cc21. The van der Waals surface area contributed by atoms with E-state index in [1.165, 1.54) is 0 Å². The van der Waals surface area contributed by atoms with Crippen LogP contribution in [0.2, 0.25) is 0 Å². The van der Waals surface area contributed by atoms with Gasteiger partial charge in [0, 0.05) is 54.4 Å². The lowest BCUT2D eigenvalue weighted by atomic mass is 10.2. The molecule has 1 aliphatic rings. The second-order valence-corrected chi connectivity index (χ2v) is 15.4. The molecule has 0 radical (unpaired) electrons. The molecule has 0 fully saturated rings. The summed E-state index contributed by atoms with van der Waals surface area (Å²) < 4.78 is 71.9. The standard InChI is InChI=1S/C29H28N4O6S4/c34-42(35,36)17-5-15-32-24-19-22(30-11-1-2-12-30)7-9-26(24)40-28(32)21-29-33(16-6-18-43(37,38)39)25-20-23(8-10-27(25)41-29)31-13-3-4-14-31/h1-4,7-14,19-21H,5-6,15-18H2,(H-,34,35,36,37,38,39)/p+1. The van der Waals surface area contributed by atoms with Crippen LogP contribution in [0.1, 0.15) is 17.8 Å². The molecule has 224 valence electrons. The van der Waals surface area contributed by atoms with Gasteiger partial charge in [0.25, 0.3) is 25.2 Å². The van der Waals surface area contributed by atoms with E-state index in [0.29, 0.717) is 13.1 Å². The van der Waals surface area contributed by atoms with Gasteiger partial charge in [-0.2, -0.15) is 21.4 Å². The van der Waals surface area contributed by atoms with Crippen molar-refractivity contribution in [1.29, 1.82) is 0 Å². The van der Waals surface area contributed by atoms with Crippen molar-refractivity contribution in [2.75, 3.05) is 23.0 Å². The molecule has 4 heterocycles. The fourth-order valence-corrected chi connectivity index (χ4v) is 8.38. The zero-order valence-electron chi connectivity index (χ0n) is 22.9. The molecule has 0 saturated carbocycles. The van der Waals surface area contributed by atoms with Gasteiger partial charge in [-0.15, -0.1) is 0 Å². The third-order valence-corrected chi connectivity index (χ3v) is 10.9. The molecule has 1 aliphatic heterocycles. The van der Waals surface area contributed by atoms with E-state index in [-0.39, 0.29) is 24.3 Å². The lowest BCUT2D eigenvalue weighted by Gasteiger charge is -2.20. The Balaban J connectivity index is 1.42. The van der Waals surface area contributed by atoms with Crippen molar-refractivity contribution in [2.24, 2.45) is 0 Å². The van der Waals surface area contributed by atoms with Crippen molar-refractivity contribution in [3.63, 3.8) is 0 Å². The van der Waals surface area contributed by atoms with Crippen molar-refractivity contribution in [3.05, 3.63) is 95.5 Å². The van der Waals surface area contributed by atoms with Crippen LogP contribution in [0.3, 0.4) is 0 Å². The molecule has 6 rings (SSSR count). The molecular formula is C29H29N4O6S4+. The first-order valence-corrected chi connectivity index (χ1v) is 18.3. The first-order valence-electron chi connectivity index (χ1n) is 13.5. The Morgan fingerprint density at radius 1 is 0.791 bits per heavy atom. The Morgan fingerprint density at radius 2 is 1.40 bits per heavy atom. The number of hydrogen-bond acceptors (Lipinski definition) is 7. The first-order chi connectivity index (χ1) is 20.5. The van der Waals surface area contributed by atoms with Gasteiger partial charge in [-0.1, -0.05) is 23.1 Å². The molecule has 0 unspecified atom stereocenters. The zero-order chi connectivity index (χ0) is 30.2. The summed E-state index contributed by atoms with van der Waals surface area (Å²) in [5.41, 5.74) is 3.80. The van der Waals surface area contributed by atoms with Crippen molar-refractivity contribution >= 4 is 65.3 Å². The first kappa shape index (κ1) is 29.7. The molecule has 0 atom stereocenters. The average molecular weight is 658 g/mol. The number of hydrogen-bond donors (Lipinski definition) is 2. The average Bonchev–Trinajstić information content (AvgIpc) is 3.75. The van der Waals surface area contributed by atoms with Crippen LogP contribution >= 0.6 is 23.1 Å². The lowest BCUT2D eigenvalue weighted by Crippen LogP contribution is -2.36. The summed E-state index contributed by atoms with van der Waals surface area (Å²) in [5.74, 6) is -0.705. The van der Waals surface area contributed by atoms with Gasteiger partial charge in [-0.25, -0.2) is 0 Å². The van der Waals surface area contributed by atoms with Crippen LogP contribution in [0.4, 0.5) is 5.69 Å². The predicted molar refractivity (Wildman–Crippen MR) is 170 cm³/mol. The van der Waals surface area contributed by atoms with Gasteiger partial charge >= 0.3 is 0 Å². The fourth-order valence-electron chi connectivity index (χ4n) is 5.11. The number of aryl methyl sites for hydroxylation is 1. The molecule has 0 aliphatic carbocycles. The van der Waals surface area contributed by atoms with E-state index in [1.807, 2.05) is 88.5 Å². The van der Waals surface area contributed by atoms with Crippen LogP contribution in [0.15, 0.2) is 95.4 Å². The van der Waals surface area contributed by atoms with Gasteiger partial charge in [0.1, 0.15) is 4.70 Å². The second-order valence-electron chi connectivity index (χ2n) is 10.1. The van der Waals surface area contributed by atoms with E-state index in [0.717, 1.165) is 42.2 Å². The molecule has 5 aromatic rings. The van der Waals surface area contributed by atoms with Crippen LogP contribution in [-0.4, -0.2) is 53.1 Å². The van der Waals surface area contributed by atoms with Crippen LogP contribution in [-0.2, 0) is 26.8 Å². The summed E-state index contributed by atoms with van der Waals surface area (Å²) in [6, 6.07) is 20.0. The number of rotatable bonds is 11. The van der Waals surface area contributed by atoms with E-state index < -0.39 is 20.2 Å². The Morgan fingerprint density at radius 3 is 2.05 bits per heavy atom. The molecule has 10 nitrogen and oxygen atoms in total. The maximum atomic E-state index is 11.5. The van der Waals surface area contributed by atoms with E-state index in [4.69, 9.17) is 0 Å². The van der Waals surface area contributed by atoms with Gasteiger partial charge in [0.05, 0.1) is 34.0 Å². The molecule has 3 aromatic heterocycles.